The van der Waals surface area contributed by atoms with E-state index >= 15 is 0 Å². The molecule has 2 heterocycles. The maximum absolute atomic E-state index is 12.2. The van der Waals surface area contributed by atoms with Crippen LogP contribution in [0.1, 0.15) is 25.2 Å². The van der Waals surface area contributed by atoms with Crippen LogP contribution in [0.2, 0.25) is 0 Å². The molecule has 102 valence electrons. The molecule has 2 aromatic rings. The van der Waals surface area contributed by atoms with Gasteiger partial charge in [0.2, 0.25) is 10.0 Å². The summed E-state index contributed by atoms with van der Waals surface area (Å²) in [6.45, 7) is 1.86. The summed E-state index contributed by atoms with van der Waals surface area (Å²) in [5.74, 6) is 0.563. The summed E-state index contributed by atoms with van der Waals surface area (Å²) >= 11 is 0. The Morgan fingerprint density at radius 2 is 2.26 bits per heavy atom. The monoisotopic (exact) mass is 281 g/mol. The third kappa shape index (κ3) is 2.91. The Hall–Kier alpha value is -1.93. The highest BCUT2D eigenvalue weighted by molar-refractivity contribution is 7.89. The third-order valence-corrected chi connectivity index (χ3v) is 4.18. The van der Waals surface area contributed by atoms with Gasteiger partial charge >= 0.3 is 0 Å². The quantitative estimate of drug-likeness (QED) is 0.750. The number of pyridine rings is 1. The zero-order valence-electron chi connectivity index (χ0n) is 10.4. The van der Waals surface area contributed by atoms with Crippen molar-refractivity contribution in [2.45, 2.75) is 24.3 Å². The van der Waals surface area contributed by atoms with E-state index in [1.807, 2.05) is 6.92 Å². The van der Waals surface area contributed by atoms with Gasteiger partial charge in [0, 0.05) is 24.8 Å². The summed E-state index contributed by atoms with van der Waals surface area (Å²) in [4.78, 5) is 10.7. The van der Waals surface area contributed by atoms with Crippen molar-refractivity contribution in [3.63, 3.8) is 0 Å². The molecule has 0 aliphatic carbocycles. The number of imidazole rings is 1. The fourth-order valence-electron chi connectivity index (χ4n) is 1.67. The number of anilines is 1. The molecule has 0 saturated carbocycles. The highest BCUT2D eigenvalue weighted by Crippen LogP contribution is 2.20. The number of nitrogens with zero attached hydrogens (tertiary/aromatic N) is 2. The van der Waals surface area contributed by atoms with E-state index in [0.717, 1.165) is 0 Å². The second kappa shape index (κ2) is 5.37. The van der Waals surface area contributed by atoms with Gasteiger partial charge in [-0.1, -0.05) is 6.92 Å². The van der Waals surface area contributed by atoms with Crippen molar-refractivity contribution in [2.24, 2.45) is 0 Å². The standard InChI is InChI=1S/C11H15N5O2S/c1-2-9(11-14-5-6-15-11)16-19(17,18)10-7-13-4-3-8(10)12/h3-7,9,16H,2H2,1H3,(H2,12,13)(H,14,15). The summed E-state index contributed by atoms with van der Waals surface area (Å²) in [5.41, 5.74) is 5.82. The second-order valence-electron chi connectivity index (χ2n) is 3.97. The molecule has 0 aliphatic rings. The Morgan fingerprint density at radius 3 is 2.84 bits per heavy atom. The number of H-pyrrole nitrogens is 1. The predicted molar refractivity (Wildman–Crippen MR) is 70.6 cm³/mol. The largest absolute Gasteiger partial charge is 0.398 e. The zero-order chi connectivity index (χ0) is 13.9. The van der Waals surface area contributed by atoms with Gasteiger partial charge in [0.1, 0.15) is 10.7 Å². The lowest BCUT2D eigenvalue weighted by Gasteiger charge is -2.15. The van der Waals surface area contributed by atoms with E-state index in [9.17, 15) is 8.42 Å². The van der Waals surface area contributed by atoms with Gasteiger partial charge < -0.3 is 10.7 Å². The number of aromatic nitrogens is 3. The van der Waals surface area contributed by atoms with Gasteiger partial charge in [0.15, 0.2) is 0 Å². The van der Waals surface area contributed by atoms with E-state index in [1.54, 1.807) is 12.4 Å². The fraction of sp³-hybridized carbons (Fsp3) is 0.273. The maximum atomic E-state index is 12.2. The molecule has 0 aromatic carbocycles. The Balaban J connectivity index is 2.29. The van der Waals surface area contributed by atoms with Crippen molar-refractivity contribution in [3.8, 4) is 0 Å². The smallest absolute Gasteiger partial charge is 0.244 e. The van der Waals surface area contributed by atoms with Crippen molar-refractivity contribution in [3.05, 3.63) is 36.7 Å². The van der Waals surface area contributed by atoms with E-state index < -0.39 is 16.1 Å². The molecule has 1 unspecified atom stereocenters. The number of rotatable bonds is 5. The molecule has 0 aliphatic heterocycles. The molecule has 19 heavy (non-hydrogen) atoms. The number of hydrogen-bond donors (Lipinski definition) is 3. The highest BCUT2D eigenvalue weighted by atomic mass is 32.2. The van der Waals surface area contributed by atoms with Crippen LogP contribution in [0.4, 0.5) is 5.69 Å². The molecule has 7 nitrogen and oxygen atoms in total. The van der Waals surface area contributed by atoms with Crippen LogP contribution in [0, 0.1) is 0 Å². The average Bonchev–Trinajstić information content (AvgIpc) is 2.90. The molecule has 1 atom stereocenters. The lowest BCUT2D eigenvalue weighted by molar-refractivity contribution is 0.539. The summed E-state index contributed by atoms with van der Waals surface area (Å²) in [7, 11) is -3.73. The molecule has 2 rings (SSSR count). The average molecular weight is 281 g/mol. The van der Waals surface area contributed by atoms with Crippen LogP contribution in [0.15, 0.2) is 35.7 Å². The predicted octanol–water partition coefficient (Wildman–Crippen LogP) is 0.817. The molecule has 0 radical (unpaired) electrons. The molecular formula is C11H15N5O2S. The lowest BCUT2D eigenvalue weighted by Crippen LogP contribution is -2.29. The van der Waals surface area contributed by atoms with Gasteiger partial charge in [-0.25, -0.2) is 18.1 Å². The van der Waals surface area contributed by atoms with Crippen molar-refractivity contribution in [2.75, 3.05) is 5.73 Å². The summed E-state index contributed by atoms with van der Waals surface area (Å²) in [6, 6.07) is 1.02. The third-order valence-electron chi connectivity index (χ3n) is 2.66. The van der Waals surface area contributed by atoms with Gasteiger partial charge in [0.05, 0.1) is 11.7 Å². The van der Waals surface area contributed by atoms with Gasteiger partial charge in [-0.2, -0.15) is 0 Å². The van der Waals surface area contributed by atoms with Crippen molar-refractivity contribution < 1.29 is 8.42 Å². The lowest BCUT2D eigenvalue weighted by atomic mass is 10.2. The normalized spacial score (nSPS) is 13.3. The number of sulfonamides is 1. The van der Waals surface area contributed by atoms with E-state index in [2.05, 4.69) is 19.7 Å². The summed E-state index contributed by atoms with van der Waals surface area (Å²) in [6.07, 6.45) is 6.45. The van der Waals surface area contributed by atoms with Crippen LogP contribution in [0.5, 0.6) is 0 Å². The fourth-order valence-corrected chi connectivity index (χ4v) is 3.02. The summed E-state index contributed by atoms with van der Waals surface area (Å²) < 4.78 is 27.1. The minimum atomic E-state index is -3.73. The zero-order valence-corrected chi connectivity index (χ0v) is 11.2. The Bertz CT molecular complexity index is 639. The topological polar surface area (TPSA) is 114 Å². The van der Waals surface area contributed by atoms with Crippen molar-refractivity contribution in [1.82, 2.24) is 19.7 Å². The van der Waals surface area contributed by atoms with Crippen LogP contribution in [-0.2, 0) is 10.0 Å². The van der Waals surface area contributed by atoms with Crippen LogP contribution in [0.3, 0.4) is 0 Å². The molecule has 4 N–H and O–H groups in total. The van der Waals surface area contributed by atoms with Crippen LogP contribution < -0.4 is 10.5 Å². The first-order chi connectivity index (χ1) is 9.04. The molecule has 0 bridgehead atoms. The molecule has 8 heteroatoms. The van der Waals surface area contributed by atoms with Gasteiger partial charge in [-0.3, -0.25) is 4.98 Å². The first-order valence-electron chi connectivity index (χ1n) is 5.75. The Kier molecular flexibility index (Phi) is 3.82. The molecular weight excluding hydrogens is 266 g/mol. The van der Waals surface area contributed by atoms with Crippen LogP contribution >= 0.6 is 0 Å². The van der Waals surface area contributed by atoms with Gasteiger partial charge in [-0.05, 0) is 12.5 Å². The Morgan fingerprint density at radius 1 is 1.47 bits per heavy atom. The van der Waals surface area contributed by atoms with E-state index in [4.69, 9.17) is 5.73 Å². The first-order valence-corrected chi connectivity index (χ1v) is 7.24. The minimum Gasteiger partial charge on any atom is -0.398 e. The molecule has 0 saturated heterocycles. The van der Waals surface area contributed by atoms with E-state index in [0.29, 0.717) is 12.2 Å². The van der Waals surface area contributed by atoms with Crippen molar-refractivity contribution in [1.29, 1.82) is 0 Å². The number of nitrogens with two attached hydrogens (primary N) is 1. The molecule has 0 spiro atoms. The number of hydrogen-bond acceptors (Lipinski definition) is 5. The SMILES string of the molecule is CCC(NS(=O)(=O)c1cnccc1N)c1ncc[nH]1. The maximum Gasteiger partial charge on any atom is 0.244 e. The van der Waals surface area contributed by atoms with E-state index in [1.165, 1.54) is 18.5 Å². The molecule has 2 aromatic heterocycles. The van der Waals surface area contributed by atoms with Crippen LogP contribution in [-0.4, -0.2) is 23.4 Å². The first kappa shape index (κ1) is 13.5. The van der Waals surface area contributed by atoms with Crippen molar-refractivity contribution >= 4 is 15.7 Å². The number of aromatic amines is 1. The Labute approximate surface area is 111 Å². The minimum absolute atomic E-state index is 0.0278. The van der Waals surface area contributed by atoms with E-state index in [-0.39, 0.29) is 10.6 Å². The second-order valence-corrected chi connectivity index (χ2v) is 5.65. The highest BCUT2D eigenvalue weighted by Gasteiger charge is 2.23. The summed E-state index contributed by atoms with van der Waals surface area (Å²) in [5, 5.41) is 0. The molecule has 0 amide bonds. The van der Waals surface area contributed by atoms with Gasteiger partial charge in [-0.15, -0.1) is 0 Å². The number of nitrogens with one attached hydrogen (secondary N) is 2. The van der Waals surface area contributed by atoms with Crippen LogP contribution in [0.25, 0.3) is 0 Å². The number of nitrogen functional groups attached to an aromatic ring is 1. The molecule has 0 fully saturated rings. The van der Waals surface area contributed by atoms with Gasteiger partial charge in [0.25, 0.3) is 0 Å².